The largest absolute Gasteiger partial charge is 0.456 e. The molecule has 21 heavy (non-hydrogen) atoms. The van der Waals surface area contributed by atoms with E-state index in [0.29, 0.717) is 16.7 Å². The van der Waals surface area contributed by atoms with E-state index in [0.717, 1.165) is 10.8 Å². The molecule has 1 unspecified atom stereocenters. The molecule has 0 saturated carbocycles. The molecule has 1 atom stereocenters. The number of para-hydroxylation sites is 1. The molecule has 5 nitrogen and oxygen atoms in total. The molecule has 1 heterocycles. The molecule has 1 aromatic heterocycles. The van der Waals surface area contributed by atoms with Gasteiger partial charge in [-0.1, -0.05) is 29.8 Å². The summed E-state index contributed by atoms with van der Waals surface area (Å²) in [5.74, 6) is 0. The second-order valence-electron chi connectivity index (χ2n) is 4.68. The third-order valence-electron chi connectivity index (χ3n) is 3.47. The zero-order valence-electron chi connectivity index (χ0n) is 11.2. The molecule has 6 heteroatoms. The maximum absolute atomic E-state index is 11.3. The molecule has 2 aromatic carbocycles. The van der Waals surface area contributed by atoms with E-state index >= 15 is 0 Å². The molecule has 0 aliphatic carbocycles. The van der Waals surface area contributed by atoms with Gasteiger partial charge < -0.3 is 9.15 Å². The SMILES string of the molecule is CC(OCCl)c1cc2c(cc1[N+](=O)[O-])oc1ccccc12. The van der Waals surface area contributed by atoms with Crippen LogP contribution < -0.4 is 0 Å². The fourth-order valence-electron chi connectivity index (χ4n) is 2.45. The number of nitro benzene ring substituents is 1. The lowest BCUT2D eigenvalue weighted by atomic mass is 10.0. The fraction of sp³-hybridized carbons (Fsp3) is 0.200. The number of alkyl halides is 1. The van der Waals surface area contributed by atoms with Crippen molar-refractivity contribution in [2.45, 2.75) is 13.0 Å². The Morgan fingerprint density at radius 2 is 2.05 bits per heavy atom. The zero-order chi connectivity index (χ0) is 15.0. The van der Waals surface area contributed by atoms with E-state index in [9.17, 15) is 10.1 Å². The maximum Gasteiger partial charge on any atom is 0.278 e. The first-order chi connectivity index (χ1) is 10.1. The Balaban J connectivity index is 2.30. The lowest BCUT2D eigenvalue weighted by molar-refractivity contribution is -0.386. The van der Waals surface area contributed by atoms with E-state index in [1.807, 2.05) is 24.3 Å². The number of rotatable bonds is 4. The zero-order valence-corrected chi connectivity index (χ0v) is 12.0. The molecular formula is C15H12ClNO4. The molecular weight excluding hydrogens is 294 g/mol. The van der Waals surface area contributed by atoms with Gasteiger partial charge in [0.15, 0.2) is 0 Å². The van der Waals surface area contributed by atoms with E-state index in [-0.39, 0.29) is 11.8 Å². The van der Waals surface area contributed by atoms with Crippen molar-refractivity contribution in [2.24, 2.45) is 0 Å². The monoisotopic (exact) mass is 305 g/mol. The molecule has 0 radical (unpaired) electrons. The average molecular weight is 306 g/mol. The predicted molar refractivity (Wildman–Crippen MR) is 80.6 cm³/mol. The van der Waals surface area contributed by atoms with E-state index < -0.39 is 11.0 Å². The third kappa shape index (κ3) is 2.34. The van der Waals surface area contributed by atoms with Crippen LogP contribution in [0.5, 0.6) is 0 Å². The van der Waals surface area contributed by atoms with Gasteiger partial charge in [-0.3, -0.25) is 10.1 Å². The molecule has 0 spiro atoms. The van der Waals surface area contributed by atoms with E-state index in [1.165, 1.54) is 6.07 Å². The Hall–Kier alpha value is -2.11. The smallest absolute Gasteiger partial charge is 0.278 e. The summed E-state index contributed by atoms with van der Waals surface area (Å²) in [4.78, 5) is 10.8. The van der Waals surface area contributed by atoms with Crippen molar-refractivity contribution < 1.29 is 14.1 Å². The Labute approximate surface area is 125 Å². The minimum Gasteiger partial charge on any atom is -0.456 e. The first kappa shape index (κ1) is 13.9. The standard InChI is InChI=1S/C15H12ClNO4/c1-9(20-8-16)11-6-12-10-4-2-3-5-14(10)21-15(12)7-13(11)17(18)19/h2-7,9H,8H2,1H3. The number of benzene rings is 2. The molecule has 0 aliphatic rings. The highest BCUT2D eigenvalue weighted by Gasteiger charge is 2.22. The van der Waals surface area contributed by atoms with Gasteiger partial charge in [0.1, 0.15) is 17.2 Å². The second-order valence-corrected chi connectivity index (χ2v) is 4.90. The summed E-state index contributed by atoms with van der Waals surface area (Å²) in [5.41, 5.74) is 1.65. The van der Waals surface area contributed by atoms with Gasteiger partial charge in [-0.05, 0) is 19.1 Å². The molecule has 108 valence electrons. The highest BCUT2D eigenvalue weighted by Crippen LogP contribution is 2.36. The summed E-state index contributed by atoms with van der Waals surface area (Å²) in [6, 6.07) is 10.7. The molecule has 0 N–H and O–H groups in total. The maximum atomic E-state index is 11.3. The van der Waals surface area contributed by atoms with Gasteiger partial charge in [-0.15, -0.1) is 0 Å². The van der Waals surface area contributed by atoms with Crippen molar-refractivity contribution in [1.82, 2.24) is 0 Å². The molecule has 0 saturated heterocycles. The Kier molecular flexibility index (Phi) is 3.53. The molecule has 0 fully saturated rings. The number of hydrogen-bond acceptors (Lipinski definition) is 4. The third-order valence-corrected chi connectivity index (χ3v) is 3.60. The quantitative estimate of drug-likeness (QED) is 0.395. The number of fused-ring (bicyclic) bond motifs is 3. The lowest BCUT2D eigenvalue weighted by Gasteiger charge is -2.11. The number of nitrogens with zero attached hydrogens (tertiary/aromatic N) is 1. The average Bonchev–Trinajstić information content (AvgIpc) is 2.83. The van der Waals surface area contributed by atoms with Crippen molar-refractivity contribution in [3.63, 3.8) is 0 Å². The van der Waals surface area contributed by atoms with Crippen molar-refractivity contribution >= 4 is 39.2 Å². The van der Waals surface area contributed by atoms with Crippen LogP contribution in [0.2, 0.25) is 0 Å². The van der Waals surface area contributed by atoms with Crippen LogP contribution in [0.15, 0.2) is 40.8 Å². The molecule has 3 aromatic rings. The normalized spacial score (nSPS) is 12.9. The number of ether oxygens (including phenoxy) is 1. The van der Waals surface area contributed by atoms with Crippen LogP contribution in [0.1, 0.15) is 18.6 Å². The molecule has 0 aliphatic heterocycles. The van der Waals surface area contributed by atoms with Crippen LogP contribution in [0, 0.1) is 10.1 Å². The minimum absolute atomic E-state index is 0.0253. The Bertz CT molecular complexity index is 827. The first-order valence-corrected chi connectivity index (χ1v) is 6.92. The summed E-state index contributed by atoms with van der Waals surface area (Å²) < 4.78 is 11.0. The Morgan fingerprint density at radius 1 is 1.29 bits per heavy atom. The second kappa shape index (κ2) is 5.35. The van der Waals surface area contributed by atoms with Crippen LogP contribution >= 0.6 is 11.6 Å². The van der Waals surface area contributed by atoms with Crippen LogP contribution in [-0.4, -0.2) is 11.0 Å². The first-order valence-electron chi connectivity index (χ1n) is 6.39. The van der Waals surface area contributed by atoms with Gasteiger partial charge in [0.25, 0.3) is 5.69 Å². The fourth-order valence-corrected chi connectivity index (χ4v) is 2.63. The number of halogens is 1. The predicted octanol–water partition coefficient (Wildman–Crippen LogP) is 4.77. The number of furan rings is 1. The number of hydrogen-bond donors (Lipinski definition) is 0. The van der Waals surface area contributed by atoms with Crippen molar-refractivity contribution in [3.05, 3.63) is 52.1 Å². The topological polar surface area (TPSA) is 65.5 Å². The molecule has 3 rings (SSSR count). The van der Waals surface area contributed by atoms with Crippen LogP contribution in [0.25, 0.3) is 21.9 Å². The van der Waals surface area contributed by atoms with Gasteiger partial charge in [0, 0.05) is 10.8 Å². The van der Waals surface area contributed by atoms with Gasteiger partial charge in [-0.25, -0.2) is 0 Å². The highest BCUT2D eigenvalue weighted by molar-refractivity contribution is 6.17. The van der Waals surface area contributed by atoms with E-state index in [2.05, 4.69) is 0 Å². The number of nitro groups is 1. The summed E-state index contributed by atoms with van der Waals surface area (Å²) >= 11 is 5.56. The van der Waals surface area contributed by atoms with Gasteiger partial charge >= 0.3 is 0 Å². The molecule has 0 bridgehead atoms. The van der Waals surface area contributed by atoms with Crippen molar-refractivity contribution in [3.8, 4) is 0 Å². The summed E-state index contributed by atoms with van der Waals surface area (Å²) in [6.07, 6.45) is -0.471. The van der Waals surface area contributed by atoms with E-state index in [4.69, 9.17) is 20.8 Å². The summed E-state index contributed by atoms with van der Waals surface area (Å²) in [6.45, 7) is 1.73. The van der Waals surface area contributed by atoms with Crippen molar-refractivity contribution in [2.75, 3.05) is 6.07 Å². The van der Waals surface area contributed by atoms with Gasteiger partial charge in [-0.2, -0.15) is 0 Å². The van der Waals surface area contributed by atoms with Crippen LogP contribution in [-0.2, 0) is 4.74 Å². The lowest BCUT2D eigenvalue weighted by Crippen LogP contribution is -2.03. The Morgan fingerprint density at radius 3 is 2.76 bits per heavy atom. The van der Waals surface area contributed by atoms with Crippen LogP contribution in [0.4, 0.5) is 5.69 Å². The molecule has 0 amide bonds. The summed E-state index contributed by atoms with van der Waals surface area (Å²) in [5, 5.41) is 13.0. The van der Waals surface area contributed by atoms with Gasteiger partial charge in [0.2, 0.25) is 0 Å². The van der Waals surface area contributed by atoms with Crippen LogP contribution in [0.3, 0.4) is 0 Å². The highest BCUT2D eigenvalue weighted by atomic mass is 35.5. The van der Waals surface area contributed by atoms with Crippen molar-refractivity contribution in [1.29, 1.82) is 0 Å². The van der Waals surface area contributed by atoms with Gasteiger partial charge in [0.05, 0.1) is 22.7 Å². The van der Waals surface area contributed by atoms with E-state index in [1.54, 1.807) is 13.0 Å². The summed E-state index contributed by atoms with van der Waals surface area (Å²) in [7, 11) is 0. The minimum atomic E-state index is -0.471.